The van der Waals surface area contributed by atoms with E-state index in [2.05, 4.69) is 121 Å². The number of allylic oxidation sites excluding steroid dienone is 1. The van der Waals surface area contributed by atoms with Crippen LogP contribution in [0, 0.1) is 0 Å². The van der Waals surface area contributed by atoms with Crippen molar-refractivity contribution in [3.8, 4) is 0 Å². The molecule has 152 valence electrons. The molecule has 3 aromatic carbocycles. The van der Waals surface area contributed by atoms with Crippen LogP contribution in [0.15, 0.2) is 113 Å². The van der Waals surface area contributed by atoms with Crippen LogP contribution in [0.5, 0.6) is 0 Å². The summed E-state index contributed by atoms with van der Waals surface area (Å²) in [5, 5.41) is 0. The molecule has 1 fully saturated rings. The van der Waals surface area contributed by atoms with Crippen LogP contribution >= 0.6 is 0 Å². The molecule has 1 aliphatic heterocycles. The van der Waals surface area contributed by atoms with E-state index in [9.17, 15) is 0 Å². The van der Waals surface area contributed by atoms with E-state index in [1.165, 1.54) is 16.3 Å². The summed E-state index contributed by atoms with van der Waals surface area (Å²) < 4.78 is 13.4. The summed E-state index contributed by atoms with van der Waals surface area (Å²) in [7, 11) is 0. The van der Waals surface area contributed by atoms with Gasteiger partial charge in [0.15, 0.2) is 0 Å². The number of ether oxygens (including phenoxy) is 1. The van der Waals surface area contributed by atoms with Gasteiger partial charge in [-0.25, -0.2) is 0 Å². The first kappa shape index (κ1) is 21.1. The molecule has 1 saturated heterocycles. The van der Waals surface area contributed by atoms with E-state index >= 15 is 0 Å². The van der Waals surface area contributed by atoms with Crippen molar-refractivity contribution in [2.75, 3.05) is 6.61 Å². The first-order valence-corrected chi connectivity index (χ1v) is 16.8. The van der Waals surface area contributed by atoms with Crippen molar-refractivity contribution in [1.29, 1.82) is 0 Å². The monoisotopic (exact) mass is 502 g/mol. The summed E-state index contributed by atoms with van der Waals surface area (Å²) in [6.07, 6.45) is 6.53. The molecule has 0 radical (unpaired) electrons. The van der Waals surface area contributed by atoms with Gasteiger partial charge in [-0.1, -0.05) is 0 Å². The zero-order chi connectivity index (χ0) is 20.9. The van der Waals surface area contributed by atoms with E-state index in [4.69, 9.17) is 4.74 Å². The molecule has 4 rings (SSSR count). The zero-order valence-electron chi connectivity index (χ0n) is 17.9. The van der Waals surface area contributed by atoms with Gasteiger partial charge < -0.3 is 0 Å². The fourth-order valence-electron chi connectivity index (χ4n) is 4.54. The molecule has 0 N–H and O–H groups in total. The molecule has 0 aromatic heterocycles. The van der Waals surface area contributed by atoms with Crippen molar-refractivity contribution >= 4 is 29.1 Å². The van der Waals surface area contributed by atoms with Gasteiger partial charge in [0.25, 0.3) is 0 Å². The molecule has 0 bridgehead atoms. The number of hydrogen-bond acceptors (Lipinski definition) is 1. The third kappa shape index (κ3) is 4.06. The van der Waals surface area contributed by atoms with Gasteiger partial charge in [0, 0.05) is 0 Å². The minimum atomic E-state index is -3.42. The van der Waals surface area contributed by atoms with Gasteiger partial charge in [-0.15, -0.1) is 0 Å². The Bertz CT molecular complexity index is 912. The SMILES string of the molecule is CC/C=C/C1(C)OCC/C1=[CH]\[Sn]([c]1ccccc1)([c]1ccccc1)[c]1ccccc1. The van der Waals surface area contributed by atoms with E-state index in [1.54, 1.807) is 0 Å². The van der Waals surface area contributed by atoms with Crippen LogP contribution in [0.2, 0.25) is 0 Å². The van der Waals surface area contributed by atoms with Crippen molar-refractivity contribution in [3.05, 3.63) is 113 Å². The molecule has 0 amide bonds. The Morgan fingerprint density at radius 1 is 0.800 bits per heavy atom. The maximum absolute atomic E-state index is 6.29. The van der Waals surface area contributed by atoms with Gasteiger partial charge >= 0.3 is 186 Å². The Hall–Kier alpha value is -2.10. The zero-order valence-corrected chi connectivity index (χ0v) is 20.8. The van der Waals surface area contributed by atoms with Crippen molar-refractivity contribution in [1.82, 2.24) is 0 Å². The molecule has 0 spiro atoms. The minimum absolute atomic E-state index is 0.309. The second-order valence-electron chi connectivity index (χ2n) is 8.09. The second-order valence-corrected chi connectivity index (χ2v) is 18.5. The third-order valence-electron chi connectivity index (χ3n) is 6.16. The van der Waals surface area contributed by atoms with E-state index in [0.29, 0.717) is 0 Å². The Kier molecular flexibility index (Phi) is 6.60. The van der Waals surface area contributed by atoms with E-state index in [-0.39, 0.29) is 5.60 Å². The molecule has 2 heteroatoms. The van der Waals surface area contributed by atoms with Crippen LogP contribution in [-0.2, 0) is 4.74 Å². The standard InChI is InChI=1S/C10H15O.3C6H5.Sn/c1-4-5-7-10(3)9(2)6-8-11-10;3*1-2-4-6-5-3-1;/h2,5,7H,4,6,8H2,1,3H3;3*1-5H;/b7-5+,9-2?;;;;. The van der Waals surface area contributed by atoms with Crippen LogP contribution in [0.25, 0.3) is 0 Å². The van der Waals surface area contributed by atoms with E-state index in [0.717, 1.165) is 19.4 Å². The summed E-state index contributed by atoms with van der Waals surface area (Å²) in [6.45, 7) is 5.20. The molecule has 0 saturated carbocycles. The Morgan fingerprint density at radius 3 is 1.70 bits per heavy atom. The number of hydrogen-bond donors (Lipinski definition) is 0. The van der Waals surface area contributed by atoms with Crippen molar-refractivity contribution in [3.63, 3.8) is 0 Å². The topological polar surface area (TPSA) is 9.23 Å². The quantitative estimate of drug-likeness (QED) is 0.350. The van der Waals surface area contributed by atoms with Gasteiger partial charge in [-0.2, -0.15) is 0 Å². The molecule has 0 aliphatic carbocycles. The van der Waals surface area contributed by atoms with Crippen LogP contribution in [0.4, 0.5) is 0 Å². The second kappa shape index (κ2) is 9.36. The molecule has 30 heavy (non-hydrogen) atoms. The van der Waals surface area contributed by atoms with Crippen molar-refractivity contribution in [2.45, 2.75) is 32.3 Å². The summed E-state index contributed by atoms with van der Waals surface area (Å²) in [4.78, 5) is 0. The fraction of sp³-hybridized carbons (Fsp3) is 0.214. The fourth-order valence-corrected chi connectivity index (χ4v) is 17.7. The molecule has 1 atom stereocenters. The molecule has 1 nitrogen and oxygen atoms in total. The van der Waals surface area contributed by atoms with Crippen molar-refractivity contribution in [2.24, 2.45) is 0 Å². The van der Waals surface area contributed by atoms with Crippen LogP contribution in [0.1, 0.15) is 26.7 Å². The Balaban J connectivity index is 2.02. The molecule has 1 unspecified atom stereocenters. The summed E-state index contributed by atoms with van der Waals surface area (Å²) in [6, 6.07) is 33.5. The molecule has 1 aliphatic rings. The number of rotatable bonds is 6. The van der Waals surface area contributed by atoms with Gasteiger partial charge in [-0.3, -0.25) is 0 Å². The Labute approximate surface area is 185 Å². The molecular weight excluding hydrogens is 471 g/mol. The summed E-state index contributed by atoms with van der Waals surface area (Å²) in [5.74, 6) is 0. The van der Waals surface area contributed by atoms with Crippen LogP contribution in [0.3, 0.4) is 0 Å². The van der Waals surface area contributed by atoms with Gasteiger partial charge in [-0.05, 0) is 0 Å². The molecule has 1 heterocycles. The first-order chi connectivity index (χ1) is 14.7. The van der Waals surface area contributed by atoms with Gasteiger partial charge in [0.1, 0.15) is 0 Å². The normalized spacial score (nSPS) is 20.8. The third-order valence-corrected chi connectivity index (χ3v) is 19.0. The van der Waals surface area contributed by atoms with Crippen molar-refractivity contribution < 1.29 is 4.74 Å². The summed E-state index contributed by atoms with van der Waals surface area (Å²) in [5.41, 5.74) is 1.12. The average molecular weight is 501 g/mol. The van der Waals surface area contributed by atoms with Gasteiger partial charge in [0.2, 0.25) is 0 Å². The molecule has 3 aromatic rings. The maximum atomic E-state index is 6.29. The van der Waals surface area contributed by atoms with Crippen LogP contribution < -0.4 is 10.7 Å². The predicted octanol–water partition coefficient (Wildman–Crippen LogP) is 4.77. The van der Waals surface area contributed by atoms with Gasteiger partial charge in [0.05, 0.1) is 0 Å². The van der Waals surface area contributed by atoms with E-state index in [1.807, 2.05) is 0 Å². The summed E-state index contributed by atoms with van der Waals surface area (Å²) >= 11 is -3.42. The molecular formula is C28H30OSn. The van der Waals surface area contributed by atoms with Crippen LogP contribution in [-0.4, -0.2) is 30.6 Å². The average Bonchev–Trinajstić information content (AvgIpc) is 3.18. The predicted molar refractivity (Wildman–Crippen MR) is 130 cm³/mol. The first-order valence-electron chi connectivity index (χ1n) is 10.9. The van der Waals surface area contributed by atoms with E-state index < -0.39 is 18.4 Å². The Morgan fingerprint density at radius 2 is 1.27 bits per heavy atom. The number of benzene rings is 3.